The summed E-state index contributed by atoms with van der Waals surface area (Å²) in [6.45, 7) is 4.05. The number of phenolic OH excluding ortho intramolecular Hbond substituents is 1. The number of nitrogens with zero attached hydrogens (tertiary/aromatic N) is 6. The van der Waals surface area contributed by atoms with Crippen molar-refractivity contribution in [3.05, 3.63) is 47.0 Å². The van der Waals surface area contributed by atoms with Gasteiger partial charge < -0.3 is 29.2 Å². The molecule has 2 aromatic heterocycles. The van der Waals surface area contributed by atoms with E-state index in [1.54, 1.807) is 14.0 Å². The Morgan fingerprint density at radius 1 is 1.16 bits per heavy atom. The van der Waals surface area contributed by atoms with Crippen LogP contribution in [0.5, 0.6) is 11.8 Å². The van der Waals surface area contributed by atoms with E-state index in [-0.39, 0.29) is 65.0 Å². The van der Waals surface area contributed by atoms with E-state index in [9.17, 15) is 19.4 Å². The third-order valence-corrected chi connectivity index (χ3v) is 11.1. The number of halogens is 2. The number of phenols is 1. The van der Waals surface area contributed by atoms with Crippen LogP contribution >= 0.6 is 0 Å². The SMILES string of the molecule is C#Cc1c(F)ccc2cc(O)cc(C(=O)c3nc4nc(OC[C@@]56CCCN5C[C@H](F)C6)nc(N5CCC[C@@](C)(O)C5)c4n3C3CC(OC)C3)c12. The zero-order valence-corrected chi connectivity index (χ0v) is 28.2. The summed E-state index contributed by atoms with van der Waals surface area (Å²) in [4.78, 5) is 33.3. The molecule has 3 atom stereocenters. The molecule has 0 bridgehead atoms. The average Bonchev–Trinajstić information content (AvgIpc) is 3.72. The number of piperidine rings is 1. The molecule has 0 radical (unpaired) electrons. The summed E-state index contributed by atoms with van der Waals surface area (Å²) in [6, 6.07) is 5.22. The van der Waals surface area contributed by atoms with Gasteiger partial charge in [0.2, 0.25) is 5.78 Å². The molecule has 4 aliphatic rings. The molecule has 4 fully saturated rings. The molecule has 1 saturated carbocycles. The summed E-state index contributed by atoms with van der Waals surface area (Å²) in [6.07, 6.45) is 9.42. The number of hydrogen-bond acceptors (Lipinski definition) is 10. The first-order valence-corrected chi connectivity index (χ1v) is 17.3. The molecular weight excluding hydrogens is 646 g/mol. The first-order valence-electron chi connectivity index (χ1n) is 17.3. The molecular formula is C37H40F2N6O5. The van der Waals surface area contributed by atoms with Crippen LogP contribution in [-0.4, -0.2) is 104 Å². The number of carbonyl (C=O) groups excluding carboxylic acids is 1. The van der Waals surface area contributed by atoms with Crippen LogP contribution in [0.15, 0.2) is 24.3 Å². The molecule has 50 heavy (non-hydrogen) atoms. The maximum absolute atomic E-state index is 15.0. The second-order valence-corrected chi connectivity index (χ2v) is 14.7. The molecule has 0 unspecified atom stereocenters. The molecule has 2 aromatic carbocycles. The Bertz CT molecular complexity index is 2060. The zero-order valence-electron chi connectivity index (χ0n) is 28.2. The van der Waals surface area contributed by atoms with Gasteiger partial charge >= 0.3 is 6.01 Å². The highest BCUT2D eigenvalue weighted by Gasteiger charge is 2.49. The standard InChI is InChI=1S/C37H40F2N6O5/c1-4-26-28(39)8-7-21-13-24(46)16-27(29(21)26)31(47)34-40-32-30(45(34)23-14-25(15-23)49-3)33(43-11-5-9-36(2,48)19-43)42-35(41-32)50-20-37-10-6-12-44(37)18-22(38)17-37/h1,7-8,13,16,22-23,25,46,48H,5-6,9-12,14-15,17-20H2,2-3H3/t22-,23?,25?,36-,37+/m1/s1. The maximum Gasteiger partial charge on any atom is 0.320 e. The average molecular weight is 687 g/mol. The predicted molar refractivity (Wildman–Crippen MR) is 182 cm³/mol. The van der Waals surface area contributed by atoms with Gasteiger partial charge in [0.15, 0.2) is 17.3 Å². The number of benzene rings is 2. The van der Waals surface area contributed by atoms with Crippen LogP contribution in [0.4, 0.5) is 14.6 Å². The topological polar surface area (TPSA) is 126 Å². The third kappa shape index (κ3) is 5.45. The lowest BCUT2D eigenvalue weighted by molar-refractivity contribution is 0.00670. The number of methoxy groups -OCH3 is 1. The lowest BCUT2D eigenvalue weighted by Crippen LogP contribution is -2.47. The van der Waals surface area contributed by atoms with E-state index in [1.807, 2.05) is 9.47 Å². The van der Waals surface area contributed by atoms with E-state index in [4.69, 9.17) is 30.8 Å². The van der Waals surface area contributed by atoms with Gasteiger partial charge in [-0.25, -0.2) is 13.8 Å². The van der Waals surface area contributed by atoms with Crippen LogP contribution in [0.2, 0.25) is 0 Å². The van der Waals surface area contributed by atoms with Gasteiger partial charge in [0, 0.05) is 50.2 Å². The van der Waals surface area contributed by atoms with Crippen molar-refractivity contribution in [2.75, 3.05) is 44.8 Å². The van der Waals surface area contributed by atoms with Crippen LogP contribution in [0, 0.1) is 18.2 Å². The van der Waals surface area contributed by atoms with Crippen LogP contribution < -0.4 is 9.64 Å². The summed E-state index contributed by atoms with van der Waals surface area (Å²) in [5.74, 6) is 1.44. The molecule has 11 nitrogen and oxygen atoms in total. The van der Waals surface area contributed by atoms with Gasteiger partial charge in [-0.2, -0.15) is 9.97 Å². The van der Waals surface area contributed by atoms with Crippen molar-refractivity contribution in [2.45, 2.75) is 81.3 Å². The summed E-state index contributed by atoms with van der Waals surface area (Å²) in [5, 5.41) is 22.4. The lowest BCUT2D eigenvalue weighted by Gasteiger charge is -2.39. The Hall–Kier alpha value is -4.38. The summed E-state index contributed by atoms with van der Waals surface area (Å²) in [5.41, 5.74) is -0.808. The number of ketones is 1. The van der Waals surface area contributed by atoms with E-state index in [1.165, 1.54) is 24.3 Å². The molecule has 2 N–H and O–H groups in total. The predicted octanol–water partition coefficient (Wildman–Crippen LogP) is 4.69. The van der Waals surface area contributed by atoms with Crippen LogP contribution in [0.3, 0.4) is 0 Å². The minimum Gasteiger partial charge on any atom is -0.508 e. The Morgan fingerprint density at radius 3 is 2.72 bits per heavy atom. The molecule has 3 aliphatic heterocycles. The van der Waals surface area contributed by atoms with Gasteiger partial charge in [-0.3, -0.25) is 9.69 Å². The number of fused-ring (bicyclic) bond motifs is 3. The minimum atomic E-state index is -0.989. The first-order chi connectivity index (χ1) is 24.0. The molecule has 5 heterocycles. The van der Waals surface area contributed by atoms with E-state index >= 15 is 4.39 Å². The Labute approximate surface area is 288 Å². The third-order valence-electron chi connectivity index (χ3n) is 11.1. The van der Waals surface area contributed by atoms with Crippen LogP contribution in [0.25, 0.3) is 21.9 Å². The maximum atomic E-state index is 15.0. The number of aliphatic hydroxyl groups is 1. The lowest BCUT2D eigenvalue weighted by atomic mass is 9.88. The van der Waals surface area contributed by atoms with Crippen molar-refractivity contribution in [1.29, 1.82) is 0 Å². The second-order valence-electron chi connectivity index (χ2n) is 14.7. The van der Waals surface area contributed by atoms with Gasteiger partial charge in [-0.05, 0) is 75.6 Å². The largest absolute Gasteiger partial charge is 0.508 e. The van der Waals surface area contributed by atoms with Crippen molar-refractivity contribution in [3.8, 4) is 24.1 Å². The Kier molecular flexibility index (Phi) is 7.97. The molecule has 13 heteroatoms. The Balaban J connectivity index is 1.30. The monoisotopic (exact) mass is 686 g/mol. The smallest absolute Gasteiger partial charge is 0.320 e. The highest BCUT2D eigenvalue weighted by Crippen LogP contribution is 2.43. The van der Waals surface area contributed by atoms with Crippen molar-refractivity contribution in [2.24, 2.45) is 0 Å². The van der Waals surface area contributed by atoms with Crippen LogP contribution in [0.1, 0.15) is 79.7 Å². The highest BCUT2D eigenvalue weighted by atomic mass is 19.1. The Morgan fingerprint density at radius 2 is 1.96 bits per heavy atom. The fourth-order valence-electron chi connectivity index (χ4n) is 8.62. The van der Waals surface area contributed by atoms with Gasteiger partial charge in [-0.1, -0.05) is 12.0 Å². The van der Waals surface area contributed by atoms with Gasteiger partial charge in [0.05, 0.1) is 22.8 Å². The number of anilines is 1. The fourth-order valence-corrected chi connectivity index (χ4v) is 8.62. The molecule has 1 aliphatic carbocycles. The normalized spacial score (nSPS) is 28.2. The molecule has 0 spiro atoms. The minimum absolute atomic E-state index is 0.000874. The number of rotatable bonds is 8. The van der Waals surface area contributed by atoms with E-state index in [0.29, 0.717) is 61.9 Å². The van der Waals surface area contributed by atoms with Crippen LogP contribution in [-0.2, 0) is 4.74 Å². The molecule has 262 valence electrons. The quantitative estimate of drug-likeness (QED) is 0.199. The molecule has 8 rings (SSSR count). The first kappa shape index (κ1) is 32.8. The van der Waals surface area contributed by atoms with Crippen molar-refractivity contribution < 1.29 is 33.3 Å². The number of imidazole rings is 1. The molecule has 4 aromatic rings. The molecule has 3 saturated heterocycles. The summed E-state index contributed by atoms with van der Waals surface area (Å²) >= 11 is 0. The number of ether oxygens (including phenoxy) is 2. The zero-order chi connectivity index (χ0) is 34.9. The van der Waals surface area contributed by atoms with E-state index < -0.39 is 28.9 Å². The van der Waals surface area contributed by atoms with Gasteiger partial charge in [-0.15, -0.1) is 6.42 Å². The van der Waals surface area contributed by atoms with Gasteiger partial charge in [0.25, 0.3) is 0 Å². The number of hydrogen-bond donors (Lipinski definition) is 2. The van der Waals surface area contributed by atoms with Gasteiger partial charge in [0.1, 0.15) is 29.9 Å². The van der Waals surface area contributed by atoms with Crippen molar-refractivity contribution in [1.82, 2.24) is 24.4 Å². The second kappa shape index (κ2) is 12.1. The van der Waals surface area contributed by atoms with E-state index in [2.05, 4.69) is 10.8 Å². The fraction of sp³-hybridized carbons (Fsp3) is 0.514. The summed E-state index contributed by atoms with van der Waals surface area (Å²) < 4.78 is 43.3. The number of β-amino-alcohol motifs (C(OH)–C–C–N with tert-alkyl or cyclic N) is 1. The van der Waals surface area contributed by atoms with Crippen molar-refractivity contribution in [3.63, 3.8) is 0 Å². The number of alkyl halides is 1. The number of aromatic nitrogens is 4. The number of carbonyl (C=O) groups is 1. The number of aromatic hydroxyl groups is 1. The number of terminal acetylenes is 1. The van der Waals surface area contributed by atoms with E-state index in [0.717, 1.165) is 19.4 Å². The molecule has 0 amide bonds. The highest BCUT2D eigenvalue weighted by molar-refractivity contribution is 6.17. The van der Waals surface area contributed by atoms with Crippen molar-refractivity contribution >= 4 is 33.5 Å². The summed E-state index contributed by atoms with van der Waals surface area (Å²) in [7, 11) is 1.64.